The Morgan fingerprint density at radius 3 is 2.67 bits per heavy atom. The highest BCUT2D eigenvalue weighted by Crippen LogP contribution is 2.05. The van der Waals surface area contributed by atoms with Gasteiger partial charge in [0.2, 0.25) is 0 Å². The van der Waals surface area contributed by atoms with Gasteiger partial charge in [0.1, 0.15) is 0 Å². The van der Waals surface area contributed by atoms with Crippen LogP contribution in [0.15, 0.2) is 18.3 Å². The van der Waals surface area contributed by atoms with E-state index in [9.17, 15) is 9.59 Å². The van der Waals surface area contributed by atoms with Gasteiger partial charge in [-0.3, -0.25) is 9.78 Å². The number of carboxylic acid groups (broad SMARTS) is 1. The molecule has 0 aliphatic heterocycles. The number of nitrogens with one attached hydrogen (secondary N) is 2. The summed E-state index contributed by atoms with van der Waals surface area (Å²) in [6.45, 7) is 3.72. The zero-order chi connectivity index (χ0) is 13.5. The average Bonchev–Trinajstić information content (AvgIpc) is 2.32. The number of carboxylic acids is 1. The molecule has 2 amide bonds. The highest BCUT2D eigenvalue weighted by Gasteiger charge is 2.15. The molecule has 6 nitrogen and oxygen atoms in total. The lowest BCUT2D eigenvalue weighted by Crippen LogP contribution is -2.35. The number of aryl methyl sites for hydroxylation is 1. The van der Waals surface area contributed by atoms with Crippen molar-refractivity contribution in [2.75, 3.05) is 11.9 Å². The van der Waals surface area contributed by atoms with Crippen LogP contribution >= 0.6 is 0 Å². The van der Waals surface area contributed by atoms with Crippen LogP contribution in [0.3, 0.4) is 0 Å². The molecule has 1 atom stereocenters. The fourth-order valence-electron chi connectivity index (χ4n) is 1.34. The van der Waals surface area contributed by atoms with E-state index in [1.54, 1.807) is 25.3 Å². The predicted molar refractivity (Wildman–Crippen MR) is 67.4 cm³/mol. The molecule has 0 aliphatic rings. The van der Waals surface area contributed by atoms with E-state index in [0.29, 0.717) is 12.1 Å². The van der Waals surface area contributed by atoms with Gasteiger partial charge < -0.3 is 15.7 Å². The van der Waals surface area contributed by atoms with Crippen LogP contribution in [-0.4, -0.2) is 28.6 Å². The molecule has 3 N–H and O–H groups in total. The lowest BCUT2D eigenvalue weighted by atomic mass is 10.1. The second kappa shape index (κ2) is 6.58. The molecule has 0 aromatic carbocycles. The van der Waals surface area contributed by atoms with Crippen molar-refractivity contribution in [1.82, 2.24) is 10.3 Å². The minimum Gasteiger partial charge on any atom is -0.481 e. The molecular weight excluding hydrogens is 234 g/mol. The fourth-order valence-corrected chi connectivity index (χ4v) is 1.34. The number of carbonyl (C=O) groups excluding carboxylic acids is 1. The number of hydrogen-bond acceptors (Lipinski definition) is 3. The van der Waals surface area contributed by atoms with Crippen LogP contribution in [-0.2, 0) is 4.79 Å². The van der Waals surface area contributed by atoms with E-state index in [0.717, 1.165) is 5.69 Å². The molecule has 18 heavy (non-hydrogen) atoms. The van der Waals surface area contributed by atoms with Crippen LogP contribution < -0.4 is 10.6 Å². The van der Waals surface area contributed by atoms with Crippen LogP contribution in [0.25, 0.3) is 0 Å². The number of carbonyl (C=O) groups is 2. The first-order valence-electron chi connectivity index (χ1n) is 5.73. The number of urea groups is 1. The van der Waals surface area contributed by atoms with E-state index in [1.165, 1.54) is 0 Å². The van der Waals surface area contributed by atoms with Gasteiger partial charge in [-0.2, -0.15) is 0 Å². The van der Waals surface area contributed by atoms with Crippen molar-refractivity contribution in [2.45, 2.75) is 20.3 Å². The van der Waals surface area contributed by atoms with Gasteiger partial charge in [-0.25, -0.2) is 4.79 Å². The molecular formula is C12H17N3O3. The van der Waals surface area contributed by atoms with Crippen LogP contribution in [0.4, 0.5) is 10.5 Å². The molecule has 1 aromatic rings. The van der Waals surface area contributed by atoms with Crippen LogP contribution in [0, 0.1) is 12.8 Å². The molecule has 0 bridgehead atoms. The predicted octanol–water partition coefficient (Wildman–Crippen LogP) is 1.62. The standard InChI is InChI=1S/C12H17N3O3/c1-3-9(11(16)17)6-14-12(18)15-10-5-4-8(2)13-7-10/h4-5,7,9H,3,6H2,1-2H3,(H,16,17)(H2,14,15,18). The topological polar surface area (TPSA) is 91.3 Å². The molecule has 0 saturated carbocycles. The number of anilines is 1. The highest BCUT2D eigenvalue weighted by molar-refractivity contribution is 5.89. The number of rotatable bonds is 5. The van der Waals surface area contributed by atoms with E-state index in [-0.39, 0.29) is 6.54 Å². The first-order valence-corrected chi connectivity index (χ1v) is 5.73. The number of hydrogen-bond donors (Lipinski definition) is 3. The number of aliphatic carboxylic acids is 1. The normalized spacial score (nSPS) is 11.7. The summed E-state index contributed by atoms with van der Waals surface area (Å²) in [5.41, 5.74) is 1.43. The van der Waals surface area contributed by atoms with E-state index in [2.05, 4.69) is 15.6 Å². The summed E-state index contributed by atoms with van der Waals surface area (Å²) in [4.78, 5) is 26.3. The number of amides is 2. The Kier molecular flexibility index (Phi) is 5.10. The fraction of sp³-hybridized carbons (Fsp3) is 0.417. The molecule has 1 aromatic heterocycles. The Balaban J connectivity index is 2.42. The number of nitrogens with zero attached hydrogens (tertiary/aromatic N) is 1. The molecule has 0 saturated heterocycles. The molecule has 1 unspecified atom stereocenters. The summed E-state index contributed by atoms with van der Waals surface area (Å²) < 4.78 is 0. The Bertz CT molecular complexity index is 417. The van der Waals surface area contributed by atoms with E-state index in [1.807, 2.05) is 6.92 Å². The smallest absolute Gasteiger partial charge is 0.319 e. The first kappa shape index (κ1) is 14.0. The van der Waals surface area contributed by atoms with E-state index < -0.39 is 17.9 Å². The van der Waals surface area contributed by atoms with Gasteiger partial charge in [-0.1, -0.05) is 6.92 Å². The maximum absolute atomic E-state index is 11.5. The second-order valence-corrected chi connectivity index (χ2v) is 3.97. The molecule has 6 heteroatoms. The van der Waals surface area contributed by atoms with E-state index in [4.69, 9.17) is 5.11 Å². The minimum atomic E-state index is -0.908. The molecule has 0 spiro atoms. The molecule has 0 radical (unpaired) electrons. The summed E-state index contributed by atoms with van der Waals surface area (Å²) in [6, 6.07) is 3.08. The third-order valence-corrected chi connectivity index (χ3v) is 2.52. The maximum atomic E-state index is 11.5. The van der Waals surface area contributed by atoms with Gasteiger partial charge in [0.05, 0.1) is 17.8 Å². The summed E-state index contributed by atoms with van der Waals surface area (Å²) >= 11 is 0. The third-order valence-electron chi connectivity index (χ3n) is 2.52. The molecule has 0 fully saturated rings. The number of aromatic nitrogens is 1. The highest BCUT2D eigenvalue weighted by atomic mass is 16.4. The average molecular weight is 251 g/mol. The van der Waals surface area contributed by atoms with Crippen molar-refractivity contribution < 1.29 is 14.7 Å². The van der Waals surface area contributed by atoms with Crippen molar-refractivity contribution >= 4 is 17.7 Å². The van der Waals surface area contributed by atoms with Gasteiger partial charge in [-0.05, 0) is 25.5 Å². The third kappa shape index (κ3) is 4.40. The van der Waals surface area contributed by atoms with Gasteiger partial charge in [0.15, 0.2) is 0 Å². The molecule has 98 valence electrons. The van der Waals surface area contributed by atoms with Gasteiger partial charge in [0.25, 0.3) is 0 Å². The quantitative estimate of drug-likeness (QED) is 0.741. The molecule has 0 aliphatic carbocycles. The lowest BCUT2D eigenvalue weighted by Gasteiger charge is -2.11. The van der Waals surface area contributed by atoms with Crippen molar-refractivity contribution in [2.24, 2.45) is 5.92 Å². The lowest BCUT2D eigenvalue weighted by molar-refractivity contribution is -0.141. The molecule has 1 heterocycles. The monoisotopic (exact) mass is 251 g/mol. The van der Waals surface area contributed by atoms with Gasteiger partial charge in [-0.15, -0.1) is 0 Å². The SMILES string of the molecule is CCC(CNC(=O)Nc1ccc(C)nc1)C(=O)O. The van der Waals surface area contributed by atoms with Crippen molar-refractivity contribution in [3.05, 3.63) is 24.0 Å². The zero-order valence-electron chi connectivity index (χ0n) is 10.4. The van der Waals surface area contributed by atoms with Crippen LogP contribution in [0.2, 0.25) is 0 Å². The van der Waals surface area contributed by atoms with Crippen molar-refractivity contribution in [3.8, 4) is 0 Å². The largest absolute Gasteiger partial charge is 0.481 e. The maximum Gasteiger partial charge on any atom is 0.319 e. The van der Waals surface area contributed by atoms with Gasteiger partial charge in [0, 0.05) is 12.2 Å². The molecule has 1 rings (SSSR count). The summed E-state index contributed by atoms with van der Waals surface area (Å²) in [7, 11) is 0. The van der Waals surface area contributed by atoms with Gasteiger partial charge >= 0.3 is 12.0 Å². The summed E-state index contributed by atoms with van der Waals surface area (Å²) in [6.07, 6.45) is 2.02. The van der Waals surface area contributed by atoms with Crippen molar-refractivity contribution in [3.63, 3.8) is 0 Å². The second-order valence-electron chi connectivity index (χ2n) is 3.97. The Morgan fingerprint density at radius 1 is 1.44 bits per heavy atom. The van der Waals surface area contributed by atoms with Crippen molar-refractivity contribution in [1.29, 1.82) is 0 Å². The Labute approximate surface area is 105 Å². The number of pyridine rings is 1. The van der Waals surface area contributed by atoms with Crippen LogP contribution in [0.5, 0.6) is 0 Å². The Morgan fingerprint density at radius 2 is 2.17 bits per heavy atom. The zero-order valence-corrected chi connectivity index (χ0v) is 10.4. The van der Waals surface area contributed by atoms with E-state index >= 15 is 0 Å². The summed E-state index contributed by atoms with van der Waals surface area (Å²) in [5, 5.41) is 13.9. The summed E-state index contributed by atoms with van der Waals surface area (Å²) in [5.74, 6) is -1.47. The first-order chi connectivity index (χ1) is 8.52. The van der Waals surface area contributed by atoms with Crippen LogP contribution in [0.1, 0.15) is 19.0 Å². The minimum absolute atomic E-state index is 0.108. The Hall–Kier alpha value is -2.11.